The van der Waals surface area contributed by atoms with Crippen LogP contribution in [0.3, 0.4) is 0 Å². The molecule has 1 saturated heterocycles. The van der Waals surface area contributed by atoms with Crippen LogP contribution in [-0.2, 0) is 20.0 Å². The smallest absolute Gasteiger partial charge is 0.267 e. The Balaban J connectivity index is 1.79. The van der Waals surface area contributed by atoms with E-state index in [2.05, 4.69) is 33.3 Å². The number of rotatable bonds is 6. The van der Waals surface area contributed by atoms with Crippen molar-refractivity contribution in [1.82, 2.24) is 24.9 Å². The minimum absolute atomic E-state index is 0.0570. The first-order valence-corrected chi connectivity index (χ1v) is 9.07. The van der Waals surface area contributed by atoms with E-state index in [1.165, 1.54) is 12.8 Å². The molecule has 0 radical (unpaired) electrons. The van der Waals surface area contributed by atoms with Gasteiger partial charge in [0.25, 0.3) is 5.91 Å². The fraction of sp³-hybridized carbons (Fsp3) is 0.611. The van der Waals surface area contributed by atoms with E-state index < -0.39 is 0 Å². The van der Waals surface area contributed by atoms with E-state index in [1.54, 1.807) is 7.05 Å². The first kappa shape index (κ1) is 17.7. The second-order valence-electron chi connectivity index (χ2n) is 6.62. The number of nitrogens with one attached hydrogen (secondary N) is 1. The molecule has 3 heterocycles. The molecule has 3 rings (SSSR count). The number of hydrogen-bond donors (Lipinski definition) is 1. The number of carbonyl (C=O) groups excluding carboxylic acids is 1. The van der Waals surface area contributed by atoms with Gasteiger partial charge in [-0.1, -0.05) is 18.5 Å². The van der Waals surface area contributed by atoms with Gasteiger partial charge in [-0.05, 0) is 37.9 Å². The van der Waals surface area contributed by atoms with Crippen molar-refractivity contribution in [3.8, 4) is 0 Å². The first-order chi connectivity index (χ1) is 12.1. The lowest BCUT2D eigenvalue weighted by molar-refractivity contribution is 0.0952. The van der Waals surface area contributed by atoms with Gasteiger partial charge in [0.15, 0.2) is 5.82 Å². The SMILES string of the molecule is CCCc1nc(CN2CCCC[C@H]2c2ccc(C(=O)NC)n2C)no1. The highest BCUT2D eigenvalue weighted by Gasteiger charge is 2.28. The molecule has 1 aliphatic rings. The Hall–Kier alpha value is -2.15. The van der Waals surface area contributed by atoms with Crippen molar-refractivity contribution in [3.63, 3.8) is 0 Å². The summed E-state index contributed by atoms with van der Waals surface area (Å²) >= 11 is 0. The zero-order valence-corrected chi connectivity index (χ0v) is 15.3. The van der Waals surface area contributed by atoms with Crippen LogP contribution in [0.4, 0.5) is 0 Å². The highest BCUT2D eigenvalue weighted by atomic mass is 16.5. The van der Waals surface area contributed by atoms with Gasteiger partial charge in [-0.15, -0.1) is 0 Å². The second kappa shape index (κ2) is 7.82. The molecule has 0 aliphatic carbocycles. The summed E-state index contributed by atoms with van der Waals surface area (Å²) in [6.07, 6.45) is 5.26. The van der Waals surface area contributed by atoms with Gasteiger partial charge < -0.3 is 14.4 Å². The fourth-order valence-electron chi connectivity index (χ4n) is 3.58. The largest absolute Gasteiger partial charge is 0.354 e. The maximum absolute atomic E-state index is 12.0. The van der Waals surface area contributed by atoms with Crippen LogP contribution in [-0.4, -0.2) is 39.1 Å². The minimum atomic E-state index is -0.0570. The number of piperidine rings is 1. The van der Waals surface area contributed by atoms with Gasteiger partial charge in [-0.2, -0.15) is 4.98 Å². The van der Waals surface area contributed by atoms with Crippen LogP contribution in [0.25, 0.3) is 0 Å². The third-order valence-electron chi connectivity index (χ3n) is 4.89. The molecule has 1 fully saturated rings. The average molecular weight is 345 g/mol. The van der Waals surface area contributed by atoms with Crippen LogP contribution in [0.1, 0.15) is 66.5 Å². The van der Waals surface area contributed by atoms with Crippen LogP contribution in [0, 0.1) is 0 Å². The molecule has 1 N–H and O–H groups in total. The van der Waals surface area contributed by atoms with E-state index in [1.807, 2.05) is 17.7 Å². The van der Waals surface area contributed by atoms with Crippen LogP contribution < -0.4 is 5.32 Å². The minimum Gasteiger partial charge on any atom is -0.354 e. The summed E-state index contributed by atoms with van der Waals surface area (Å²) < 4.78 is 7.32. The Bertz CT molecular complexity index is 721. The molecule has 136 valence electrons. The monoisotopic (exact) mass is 345 g/mol. The van der Waals surface area contributed by atoms with Crippen LogP contribution in [0.15, 0.2) is 16.7 Å². The van der Waals surface area contributed by atoms with E-state index in [4.69, 9.17) is 4.52 Å². The number of hydrogen-bond acceptors (Lipinski definition) is 5. The summed E-state index contributed by atoms with van der Waals surface area (Å²) in [6.45, 7) is 3.78. The molecular weight excluding hydrogens is 318 g/mol. The lowest BCUT2D eigenvalue weighted by atomic mass is 9.99. The van der Waals surface area contributed by atoms with Crippen molar-refractivity contribution >= 4 is 5.91 Å². The van der Waals surface area contributed by atoms with Gasteiger partial charge in [0.2, 0.25) is 5.89 Å². The normalized spacial score (nSPS) is 18.4. The lowest BCUT2D eigenvalue weighted by Crippen LogP contribution is -2.34. The predicted molar refractivity (Wildman–Crippen MR) is 94.1 cm³/mol. The molecule has 2 aromatic rings. The highest BCUT2D eigenvalue weighted by molar-refractivity contribution is 5.92. The molecular formula is C18H27N5O2. The van der Waals surface area contributed by atoms with E-state index in [-0.39, 0.29) is 11.9 Å². The number of nitrogens with zero attached hydrogens (tertiary/aromatic N) is 4. The maximum Gasteiger partial charge on any atom is 0.267 e. The van der Waals surface area contributed by atoms with Crippen molar-refractivity contribution in [1.29, 1.82) is 0 Å². The number of aryl methyl sites for hydroxylation is 1. The van der Waals surface area contributed by atoms with E-state index >= 15 is 0 Å². The Kier molecular flexibility index (Phi) is 5.53. The average Bonchev–Trinajstić information content (AvgIpc) is 3.22. The molecule has 0 spiro atoms. The van der Waals surface area contributed by atoms with Gasteiger partial charge in [0.05, 0.1) is 12.6 Å². The van der Waals surface area contributed by atoms with Gasteiger partial charge in [-0.25, -0.2) is 0 Å². The Morgan fingerprint density at radius 3 is 3.00 bits per heavy atom. The zero-order valence-electron chi connectivity index (χ0n) is 15.3. The molecule has 0 unspecified atom stereocenters. The summed E-state index contributed by atoms with van der Waals surface area (Å²) in [7, 11) is 3.62. The van der Waals surface area contributed by atoms with Crippen LogP contribution >= 0.6 is 0 Å². The summed E-state index contributed by atoms with van der Waals surface area (Å²) in [4.78, 5) is 18.9. The summed E-state index contributed by atoms with van der Waals surface area (Å²) in [5, 5.41) is 6.83. The maximum atomic E-state index is 12.0. The van der Waals surface area contributed by atoms with E-state index in [0.29, 0.717) is 18.1 Å². The Labute approximate surface area is 148 Å². The number of aromatic nitrogens is 3. The number of amides is 1. The van der Waals surface area contributed by atoms with Crippen molar-refractivity contribution in [2.75, 3.05) is 13.6 Å². The summed E-state index contributed by atoms with van der Waals surface area (Å²) in [6, 6.07) is 4.23. The third kappa shape index (κ3) is 3.76. The number of carbonyl (C=O) groups is 1. The van der Waals surface area contributed by atoms with Crippen molar-refractivity contribution < 1.29 is 9.32 Å². The van der Waals surface area contributed by atoms with E-state index in [0.717, 1.165) is 37.3 Å². The number of likely N-dealkylation sites (tertiary alicyclic amines) is 1. The second-order valence-corrected chi connectivity index (χ2v) is 6.62. The molecule has 1 atom stereocenters. The molecule has 1 amide bonds. The van der Waals surface area contributed by atoms with Gasteiger partial charge in [-0.3, -0.25) is 9.69 Å². The summed E-state index contributed by atoms with van der Waals surface area (Å²) in [5.41, 5.74) is 1.85. The molecule has 0 aromatic carbocycles. The molecule has 7 heteroatoms. The Morgan fingerprint density at radius 2 is 2.24 bits per heavy atom. The van der Waals surface area contributed by atoms with Crippen molar-refractivity contribution in [3.05, 3.63) is 35.2 Å². The quantitative estimate of drug-likeness (QED) is 0.870. The van der Waals surface area contributed by atoms with Gasteiger partial charge >= 0.3 is 0 Å². The molecule has 25 heavy (non-hydrogen) atoms. The van der Waals surface area contributed by atoms with Crippen LogP contribution in [0.5, 0.6) is 0 Å². The zero-order chi connectivity index (χ0) is 17.8. The van der Waals surface area contributed by atoms with E-state index in [9.17, 15) is 4.79 Å². The Morgan fingerprint density at radius 1 is 1.40 bits per heavy atom. The topological polar surface area (TPSA) is 76.2 Å². The van der Waals surface area contributed by atoms with Gasteiger partial charge in [0.1, 0.15) is 5.69 Å². The molecule has 1 aliphatic heterocycles. The predicted octanol–water partition coefficient (Wildman–Crippen LogP) is 2.45. The van der Waals surface area contributed by atoms with Crippen molar-refractivity contribution in [2.45, 2.75) is 51.6 Å². The third-order valence-corrected chi connectivity index (χ3v) is 4.89. The fourth-order valence-corrected chi connectivity index (χ4v) is 3.58. The highest BCUT2D eigenvalue weighted by Crippen LogP contribution is 2.32. The molecule has 0 bridgehead atoms. The molecule has 7 nitrogen and oxygen atoms in total. The molecule has 2 aromatic heterocycles. The standard InChI is InChI=1S/C18H27N5O2/c1-4-7-17-20-16(21-25-17)12-23-11-6-5-8-14(23)13-9-10-15(22(13)3)18(24)19-2/h9-10,14H,4-8,11-12H2,1-3H3,(H,19,24)/t14-/m0/s1. The summed E-state index contributed by atoms with van der Waals surface area (Å²) in [5.74, 6) is 1.40. The first-order valence-electron chi connectivity index (χ1n) is 9.07. The van der Waals surface area contributed by atoms with Crippen LogP contribution in [0.2, 0.25) is 0 Å². The molecule has 0 saturated carbocycles. The lowest BCUT2D eigenvalue weighted by Gasteiger charge is -2.35. The van der Waals surface area contributed by atoms with Gasteiger partial charge in [0, 0.05) is 26.2 Å². The van der Waals surface area contributed by atoms with Crippen molar-refractivity contribution in [2.24, 2.45) is 7.05 Å².